The van der Waals surface area contributed by atoms with Crippen LogP contribution < -0.4 is 0 Å². The highest BCUT2D eigenvalue weighted by atomic mass is 79.9. The van der Waals surface area contributed by atoms with Crippen LogP contribution in [0, 0.1) is 6.42 Å². The normalized spacial score (nSPS) is 14.5. The monoisotopic (exact) mass is 207 g/mol. The van der Waals surface area contributed by atoms with E-state index in [2.05, 4.69) is 52.7 Å². The zero-order valence-electron chi connectivity index (χ0n) is 6.05. The van der Waals surface area contributed by atoms with Crippen molar-refractivity contribution in [2.45, 2.75) is 0 Å². The molecule has 1 aliphatic rings. The van der Waals surface area contributed by atoms with Crippen LogP contribution in [0.3, 0.4) is 0 Å². The summed E-state index contributed by atoms with van der Waals surface area (Å²) in [6.07, 6.45) is 4.42. The fraction of sp³-hybridized carbons (Fsp3) is 0.100. The lowest BCUT2D eigenvalue weighted by Crippen LogP contribution is -1.80. The van der Waals surface area contributed by atoms with E-state index >= 15 is 0 Å². The largest absolute Gasteiger partial charge is 0.0880 e. The van der Waals surface area contributed by atoms with Crippen molar-refractivity contribution >= 4 is 22.0 Å². The van der Waals surface area contributed by atoms with Gasteiger partial charge in [-0.2, -0.15) is 0 Å². The second kappa shape index (κ2) is 2.82. The first kappa shape index (κ1) is 7.11. The van der Waals surface area contributed by atoms with Gasteiger partial charge in [-0.1, -0.05) is 51.8 Å². The maximum absolute atomic E-state index is 3.44. The SMILES string of the molecule is BrCC1=Cc2ccccc2[CH]1. The van der Waals surface area contributed by atoms with Gasteiger partial charge in [0.1, 0.15) is 0 Å². The molecule has 0 bridgehead atoms. The summed E-state index contributed by atoms with van der Waals surface area (Å²) in [5.41, 5.74) is 4.02. The lowest BCUT2D eigenvalue weighted by molar-refractivity contribution is 1.47. The van der Waals surface area contributed by atoms with Crippen LogP contribution in [0.4, 0.5) is 0 Å². The standard InChI is InChI=1S/C10H8Br/c11-7-8-5-9-3-1-2-4-10(9)6-8/h1-6H,7H2. The smallest absolute Gasteiger partial charge is 0.0251 e. The average molecular weight is 208 g/mol. The molecule has 1 heteroatoms. The van der Waals surface area contributed by atoms with Gasteiger partial charge in [0.25, 0.3) is 0 Å². The molecule has 0 atom stereocenters. The van der Waals surface area contributed by atoms with Gasteiger partial charge in [-0.25, -0.2) is 0 Å². The van der Waals surface area contributed by atoms with Crippen LogP contribution in [-0.4, -0.2) is 5.33 Å². The van der Waals surface area contributed by atoms with Gasteiger partial charge in [0.05, 0.1) is 0 Å². The Morgan fingerprint density at radius 3 is 2.45 bits per heavy atom. The van der Waals surface area contributed by atoms with Crippen molar-refractivity contribution in [2.75, 3.05) is 5.33 Å². The fourth-order valence-electron chi connectivity index (χ4n) is 1.29. The van der Waals surface area contributed by atoms with E-state index in [0.717, 1.165) is 5.33 Å². The molecule has 0 fully saturated rings. The van der Waals surface area contributed by atoms with E-state index in [0.29, 0.717) is 0 Å². The van der Waals surface area contributed by atoms with Crippen molar-refractivity contribution in [3.8, 4) is 0 Å². The average Bonchev–Trinajstić information content (AvgIpc) is 2.46. The molecular weight excluding hydrogens is 200 g/mol. The molecule has 1 aromatic rings. The summed E-state index contributed by atoms with van der Waals surface area (Å²) >= 11 is 3.44. The number of alkyl halides is 1. The number of fused-ring (bicyclic) bond motifs is 1. The first-order chi connectivity index (χ1) is 5.40. The van der Waals surface area contributed by atoms with Crippen molar-refractivity contribution in [3.63, 3.8) is 0 Å². The van der Waals surface area contributed by atoms with Gasteiger partial charge in [-0.05, 0) is 11.1 Å². The second-order valence-corrected chi connectivity index (χ2v) is 3.19. The Kier molecular flexibility index (Phi) is 1.82. The van der Waals surface area contributed by atoms with Crippen LogP contribution in [0.1, 0.15) is 11.1 Å². The molecule has 2 rings (SSSR count). The fourth-order valence-corrected chi connectivity index (χ4v) is 1.62. The minimum absolute atomic E-state index is 0.946. The third kappa shape index (κ3) is 1.25. The molecule has 0 heterocycles. The molecule has 0 amide bonds. The predicted molar refractivity (Wildman–Crippen MR) is 51.6 cm³/mol. The van der Waals surface area contributed by atoms with Gasteiger partial charge >= 0.3 is 0 Å². The van der Waals surface area contributed by atoms with E-state index in [1.807, 2.05) is 0 Å². The number of benzene rings is 1. The Bertz CT molecular complexity index is 299. The number of halogens is 1. The Morgan fingerprint density at radius 1 is 1.09 bits per heavy atom. The van der Waals surface area contributed by atoms with Gasteiger partial charge in [-0.3, -0.25) is 0 Å². The van der Waals surface area contributed by atoms with Crippen LogP contribution in [0.2, 0.25) is 0 Å². The van der Waals surface area contributed by atoms with Crippen LogP contribution in [-0.2, 0) is 0 Å². The molecule has 11 heavy (non-hydrogen) atoms. The quantitative estimate of drug-likeness (QED) is 0.622. The van der Waals surface area contributed by atoms with Gasteiger partial charge in [0, 0.05) is 11.8 Å². The number of hydrogen-bond acceptors (Lipinski definition) is 0. The van der Waals surface area contributed by atoms with E-state index in [1.54, 1.807) is 0 Å². The molecule has 0 spiro atoms. The minimum Gasteiger partial charge on any atom is -0.0880 e. The van der Waals surface area contributed by atoms with E-state index in [1.165, 1.54) is 16.7 Å². The number of rotatable bonds is 1. The van der Waals surface area contributed by atoms with E-state index in [4.69, 9.17) is 0 Å². The van der Waals surface area contributed by atoms with Gasteiger partial charge in [0.15, 0.2) is 0 Å². The first-order valence-corrected chi connectivity index (χ1v) is 4.72. The van der Waals surface area contributed by atoms with Crippen LogP contribution in [0.5, 0.6) is 0 Å². The predicted octanol–water partition coefficient (Wildman–Crippen LogP) is 3.03. The van der Waals surface area contributed by atoms with Crippen molar-refractivity contribution < 1.29 is 0 Å². The molecular formula is C10H8Br. The van der Waals surface area contributed by atoms with Gasteiger partial charge in [-0.15, -0.1) is 0 Å². The molecule has 0 nitrogen and oxygen atoms in total. The van der Waals surface area contributed by atoms with Crippen molar-refractivity contribution in [1.82, 2.24) is 0 Å². The maximum Gasteiger partial charge on any atom is 0.0251 e. The highest BCUT2D eigenvalue weighted by Crippen LogP contribution is 2.26. The molecule has 1 aromatic carbocycles. The molecule has 0 aromatic heterocycles. The van der Waals surface area contributed by atoms with Crippen molar-refractivity contribution in [2.24, 2.45) is 0 Å². The summed E-state index contributed by atoms with van der Waals surface area (Å²) in [6.45, 7) is 0. The zero-order valence-corrected chi connectivity index (χ0v) is 7.64. The maximum atomic E-state index is 3.44. The second-order valence-electron chi connectivity index (χ2n) is 2.63. The zero-order chi connectivity index (χ0) is 7.68. The first-order valence-electron chi connectivity index (χ1n) is 3.60. The van der Waals surface area contributed by atoms with E-state index < -0.39 is 0 Å². The van der Waals surface area contributed by atoms with Crippen LogP contribution in [0.25, 0.3) is 6.08 Å². The Labute approximate surface area is 75.1 Å². The molecule has 0 aliphatic heterocycles. The highest BCUT2D eigenvalue weighted by molar-refractivity contribution is 9.09. The molecule has 55 valence electrons. The summed E-state index contributed by atoms with van der Waals surface area (Å²) in [7, 11) is 0. The lowest BCUT2D eigenvalue weighted by atomic mass is 10.1. The Morgan fingerprint density at radius 2 is 1.82 bits per heavy atom. The Hall–Kier alpha value is -0.560. The summed E-state index contributed by atoms with van der Waals surface area (Å²) < 4.78 is 0. The summed E-state index contributed by atoms with van der Waals surface area (Å²) in [5.74, 6) is 0. The summed E-state index contributed by atoms with van der Waals surface area (Å²) in [6, 6.07) is 8.42. The summed E-state index contributed by atoms with van der Waals surface area (Å²) in [4.78, 5) is 0. The number of hydrogen-bond donors (Lipinski definition) is 0. The van der Waals surface area contributed by atoms with Crippen LogP contribution in [0.15, 0.2) is 29.8 Å². The minimum atomic E-state index is 0.946. The number of allylic oxidation sites excluding steroid dienone is 1. The third-order valence-corrected chi connectivity index (χ3v) is 2.48. The van der Waals surface area contributed by atoms with Crippen LogP contribution >= 0.6 is 15.9 Å². The van der Waals surface area contributed by atoms with E-state index in [-0.39, 0.29) is 0 Å². The molecule has 1 radical (unpaired) electrons. The topological polar surface area (TPSA) is 0 Å². The molecule has 0 saturated heterocycles. The molecule has 0 N–H and O–H groups in total. The Balaban J connectivity index is 2.39. The van der Waals surface area contributed by atoms with Gasteiger partial charge in [0.2, 0.25) is 0 Å². The molecule has 0 unspecified atom stereocenters. The highest BCUT2D eigenvalue weighted by Gasteiger charge is 2.09. The van der Waals surface area contributed by atoms with Crippen molar-refractivity contribution in [3.05, 3.63) is 47.4 Å². The van der Waals surface area contributed by atoms with Crippen molar-refractivity contribution in [1.29, 1.82) is 0 Å². The van der Waals surface area contributed by atoms with E-state index in [9.17, 15) is 0 Å². The molecule has 1 aliphatic carbocycles. The third-order valence-electron chi connectivity index (χ3n) is 1.83. The van der Waals surface area contributed by atoms with Gasteiger partial charge < -0.3 is 0 Å². The molecule has 0 saturated carbocycles. The summed E-state index contributed by atoms with van der Waals surface area (Å²) in [5, 5.41) is 0.946. The lowest BCUT2D eigenvalue weighted by Gasteiger charge is -1.94.